The third kappa shape index (κ3) is 2.70. The number of pyridine rings is 1. The molecule has 0 bridgehead atoms. The predicted molar refractivity (Wildman–Crippen MR) is 45.2 cm³/mol. The molecule has 0 saturated carbocycles. The monoisotopic (exact) mass is 165 g/mol. The number of Topliss-reactive ketones (excluding diaryl/α,β-unsaturated/α-hetero) is 1. The number of hydrogen-bond donors (Lipinski definition) is 0. The molecular weight excluding hydrogens is 154 g/mol. The first-order chi connectivity index (χ1) is 5.68. The molecule has 64 valence electrons. The maximum absolute atomic E-state index is 10.5. The standard InChI is InChI=1S/C9H11NO2/c1-7-3-4-9(5-10-7)12-6-8(2)11/h3-5H,6H2,1-2H3. The van der Waals surface area contributed by atoms with Crippen molar-refractivity contribution in [2.75, 3.05) is 6.61 Å². The lowest BCUT2D eigenvalue weighted by Crippen LogP contribution is -2.06. The fourth-order valence-electron chi connectivity index (χ4n) is 0.725. The number of hydrogen-bond acceptors (Lipinski definition) is 3. The molecule has 0 unspecified atom stereocenters. The molecule has 0 atom stereocenters. The van der Waals surface area contributed by atoms with Crippen LogP contribution in [0.1, 0.15) is 12.6 Å². The quantitative estimate of drug-likeness (QED) is 0.678. The lowest BCUT2D eigenvalue weighted by atomic mass is 10.4. The maximum Gasteiger partial charge on any atom is 0.167 e. The first-order valence-corrected chi connectivity index (χ1v) is 3.73. The van der Waals surface area contributed by atoms with Crippen LogP contribution in [0.25, 0.3) is 0 Å². The molecule has 12 heavy (non-hydrogen) atoms. The summed E-state index contributed by atoms with van der Waals surface area (Å²) >= 11 is 0. The number of ketones is 1. The predicted octanol–water partition coefficient (Wildman–Crippen LogP) is 1.36. The Hall–Kier alpha value is -1.38. The van der Waals surface area contributed by atoms with Crippen molar-refractivity contribution in [3.8, 4) is 5.75 Å². The molecule has 1 aromatic heterocycles. The Balaban J connectivity index is 2.53. The largest absolute Gasteiger partial charge is 0.484 e. The van der Waals surface area contributed by atoms with Gasteiger partial charge in [-0.25, -0.2) is 0 Å². The minimum Gasteiger partial charge on any atom is -0.484 e. The molecule has 1 aromatic rings. The van der Waals surface area contributed by atoms with Gasteiger partial charge in [0.15, 0.2) is 5.78 Å². The third-order valence-corrected chi connectivity index (χ3v) is 1.33. The van der Waals surface area contributed by atoms with E-state index in [9.17, 15) is 4.79 Å². The van der Waals surface area contributed by atoms with Gasteiger partial charge >= 0.3 is 0 Å². The van der Waals surface area contributed by atoms with Gasteiger partial charge in [-0.1, -0.05) is 0 Å². The van der Waals surface area contributed by atoms with E-state index in [2.05, 4.69) is 4.98 Å². The molecule has 0 N–H and O–H groups in total. The van der Waals surface area contributed by atoms with Crippen LogP contribution in [0, 0.1) is 6.92 Å². The fourth-order valence-corrected chi connectivity index (χ4v) is 0.725. The lowest BCUT2D eigenvalue weighted by Gasteiger charge is -2.02. The minimum absolute atomic E-state index is 0.00979. The van der Waals surface area contributed by atoms with Gasteiger partial charge in [0.1, 0.15) is 12.4 Å². The van der Waals surface area contributed by atoms with Gasteiger partial charge in [0.2, 0.25) is 0 Å². The van der Waals surface area contributed by atoms with Crippen LogP contribution in [-0.2, 0) is 4.79 Å². The summed E-state index contributed by atoms with van der Waals surface area (Å²) in [6.45, 7) is 3.50. The maximum atomic E-state index is 10.5. The van der Waals surface area contributed by atoms with E-state index < -0.39 is 0 Å². The zero-order valence-corrected chi connectivity index (χ0v) is 7.20. The Kier molecular flexibility index (Phi) is 2.80. The summed E-state index contributed by atoms with van der Waals surface area (Å²) in [5.74, 6) is 0.645. The van der Waals surface area contributed by atoms with Crippen molar-refractivity contribution in [1.29, 1.82) is 0 Å². The molecule has 0 amide bonds. The van der Waals surface area contributed by atoms with E-state index in [0.717, 1.165) is 5.69 Å². The van der Waals surface area contributed by atoms with Crippen molar-refractivity contribution in [2.45, 2.75) is 13.8 Å². The molecular formula is C9H11NO2. The summed E-state index contributed by atoms with van der Waals surface area (Å²) in [7, 11) is 0. The summed E-state index contributed by atoms with van der Waals surface area (Å²) in [5.41, 5.74) is 0.935. The molecule has 0 aliphatic rings. The highest BCUT2D eigenvalue weighted by Crippen LogP contribution is 2.07. The Bertz CT molecular complexity index is 266. The molecule has 3 nitrogen and oxygen atoms in total. The summed E-state index contributed by atoms with van der Waals surface area (Å²) in [6.07, 6.45) is 1.61. The van der Waals surface area contributed by atoms with E-state index in [4.69, 9.17) is 4.74 Å². The van der Waals surface area contributed by atoms with Crippen LogP contribution in [0.15, 0.2) is 18.3 Å². The molecule has 3 heteroatoms. The highest BCUT2D eigenvalue weighted by molar-refractivity contribution is 5.77. The minimum atomic E-state index is 0.00979. The van der Waals surface area contributed by atoms with Crippen molar-refractivity contribution in [3.63, 3.8) is 0 Å². The van der Waals surface area contributed by atoms with Crippen LogP contribution in [-0.4, -0.2) is 17.4 Å². The third-order valence-electron chi connectivity index (χ3n) is 1.33. The number of rotatable bonds is 3. The molecule has 0 aliphatic heterocycles. The molecule has 0 fully saturated rings. The van der Waals surface area contributed by atoms with Crippen LogP contribution >= 0.6 is 0 Å². The second-order valence-corrected chi connectivity index (χ2v) is 2.63. The number of carbonyl (C=O) groups excluding carboxylic acids is 1. The van der Waals surface area contributed by atoms with Crippen molar-refractivity contribution >= 4 is 5.78 Å². The number of nitrogens with zero attached hydrogens (tertiary/aromatic N) is 1. The van der Waals surface area contributed by atoms with E-state index in [1.54, 1.807) is 12.3 Å². The van der Waals surface area contributed by atoms with E-state index >= 15 is 0 Å². The van der Waals surface area contributed by atoms with Gasteiger partial charge in [-0.2, -0.15) is 0 Å². The van der Waals surface area contributed by atoms with Crippen molar-refractivity contribution in [3.05, 3.63) is 24.0 Å². The Morgan fingerprint density at radius 3 is 2.83 bits per heavy atom. The number of aryl methyl sites for hydroxylation is 1. The highest BCUT2D eigenvalue weighted by Gasteiger charge is 1.95. The summed E-state index contributed by atoms with van der Waals surface area (Å²) in [5, 5.41) is 0. The van der Waals surface area contributed by atoms with Gasteiger partial charge in [-0.15, -0.1) is 0 Å². The van der Waals surface area contributed by atoms with Gasteiger partial charge in [0, 0.05) is 5.69 Å². The van der Waals surface area contributed by atoms with Gasteiger partial charge in [-0.05, 0) is 26.0 Å². The molecule has 0 spiro atoms. The van der Waals surface area contributed by atoms with Crippen LogP contribution in [0.3, 0.4) is 0 Å². The average molecular weight is 165 g/mol. The van der Waals surface area contributed by atoms with Crippen LogP contribution in [0.5, 0.6) is 5.75 Å². The second kappa shape index (κ2) is 3.85. The van der Waals surface area contributed by atoms with Crippen molar-refractivity contribution < 1.29 is 9.53 Å². The van der Waals surface area contributed by atoms with E-state index in [0.29, 0.717) is 5.75 Å². The van der Waals surface area contributed by atoms with Gasteiger partial charge in [0.05, 0.1) is 6.20 Å². The molecule has 1 heterocycles. The van der Waals surface area contributed by atoms with Gasteiger partial charge < -0.3 is 4.74 Å². The van der Waals surface area contributed by atoms with Crippen LogP contribution in [0.2, 0.25) is 0 Å². The first kappa shape index (κ1) is 8.71. The normalized spacial score (nSPS) is 9.50. The van der Waals surface area contributed by atoms with Crippen LogP contribution < -0.4 is 4.74 Å². The second-order valence-electron chi connectivity index (χ2n) is 2.63. The SMILES string of the molecule is CC(=O)COc1ccc(C)nc1. The van der Waals surface area contributed by atoms with Crippen LogP contribution in [0.4, 0.5) is 0 Å². The molecule has 0 aliphatic carbocycles. The molecule has 0 saturated heterocycles. The van der Waals surface area contributed by atoms with Crippen molar-refractivity contribution in [1.82, 2.24) is 4.98 Å². The molecule has 1 rings (SSSR count). The van der Waals surface area contributed by atoms with E-state index in [1.165, 1.54) is 6.92 Å². The van der Waals surface area contributed by atoms with E-state index in [1.807, 2.05) is 13.0 Å². The number of carbonyl (C=O) groups is 1. The first-order valence-electron chi connectivity index (χ1n) is 3.73. The number of ether oxygens (including phenoxy) is 1. The van der Waals surface area contributed by atoms with Crippen molar-refractivity contribution in [2.24, 2.45) is 0 Å². The molecule has 0 aromatic carbocycles. The Morgan fingerprint density at radius 1 is 1.58 bits per heavy atom. The fraction of sp³-hybridized carbons (Fsp3) is 0.333. The van der Waals surface area contributed by atoms with E-state index in [-0.39, 0.29) is 12.4 Å². The summed E-state index contributed by atoms with van der Waals surface area (Å²) < 4.78 is 5.11. The lowest BCUT2D eigenvalue weighted by molar-refractivity contribution is -0.118. The van der Waals surface area contributed by atoms with Gasteiger partial charge in [-0.3, -0.25) is 9.78 Å². The zero-order chi connectivity index (χ0) is 8.97. The Morgan fingerprint density at radius 2 is 2.33 bits per heavy atom. The zero-order valence-electron chi connectivity index (χ0n) is 7.20. The molecule has 0 radical (unpaired) electrons. The Labute approximate surface area is 71.4 Å². The summed E-state index contributed by atoms with van der Waals surface area (Å²) in [6, 6.07) is 3.64. The highest BCUT2D eigenvalue weighted by atomic mass is 16.5. The summed E-state index contributed by atoms with van der Waals surface area (Å²) in [4.78, 5) is 14.6. The number of aromatic nitrogens is 1. The smallest absolute Gasteiger partial charge is 0.167 e. The average Bonchev–Trinajstić information content (AvgIpc) is 2.03. The topological polar surface area (TPSA) is 39.2 Å². The van der Waals surface area contributed by atoms with Gasteiger partial charge in [0.25, 0.3) is 0 Å².